The van der Waals surface area contributed by atoms with Crippen molar-refractivity contribution in [3.63, 3.8) is 0 Å². The van der Waals surface area contributed by atoms with Gasteiger partial charge in [-0.15, -0.1) is 0 Å². The summed E-state index contributed by atoms with van der Waals surface area (Å²) in [7, 11) is 0. The molecule has 2 aliphatic heterocycles. The van der Waals surface area contributed by atoms with Crippen molar-refractivity contribution in [3.8, 4) is 0 Å². The SMILES string of the molecule is N[C@H]1[C@@H](O[C@H]2C[C@H](CO)NCC[C@@H]2N)O[C@H](CO)[C@@H](O)[C@@H]1O. The van der Waals surface area contributed by atoms with Crippen LogP contribution >= 0.6 is 0 Å². The third kappa shape index (κ3) is 3.94. The van der Waals surface area contributed by atoms with E-state index in [1.54, 1.807) is 0 Å². The lowest BCUT2D eigenvalue weighted by atomic mass is 9.97. The summed E-state index contributed by atoms with van der Waals surface area (Å²) in [6.45, 7) is 0.178. The van der Waals surface area contributed by atoms with Gasteiger partial charge in [-0.1, -0.05) is 0 Å². The molecule has 9 nitrogen and oxygen atoms in total. The molecule has 2 saturated heterocycles. The summed E-state index contributed by atoms with van der Waals surface area (Å²) in [5.74, 6) is 0. The molecule has 0 spiro atoms. The van der Waals surface area contributed by atoms with Crippen molar-refractivity contribution < 1.29 is 29.9 Å². The first-order chi connectivity index (χ1) is 10.5. The fourth-order valence-electron chi connectivity index (χ4n) is 2.87. The minimum atomic E-state index is -1.27. The van der Waals surface area contributed by atoms with Gasteiger partial charge in [-0.3, -0.25) is 0 Å². The Morgan fingerprint density at radius 2 is 1.86 bits per heavy atom. The molecule has 2 fully saturated rings. The van der Waals surface area contributed by atoms with Crippen LogP contribution in [0.15, 0.2) is 0 Å². The first-order valence-electron chi connectivity index (χ1n) is 7.61. The summed E-state index contributed by atoms with van der Waals surface area (Å²) in [6.07, 6.45) is -3.74. The molecule has 0 radical (unpaired) electrons. The molecule has 0 amide bonds. The molecule has 2 rings (SSSR count). The van der Waals surface area contributed by atoms with E-state index in [1.165, 1.54) is 0 Å². The molecular formula is C13H27N3O6. The third-order valence-corrected chi connectivity index (χ3v) is 4.36. The highest BCUT2D eigenvalue weighted by atomic mass is 16.7. The van der Waals surface area contributed by atoms with E-state index in [0.717, 1.165) is 0 Å². The molecule has 0 aromatic rings. The summed E-state index contributed by atoms with van der Waals surface area (Å²) < 4.78 is 11.3. The summed E-state index contributed by atoms with van der Waals surface area (Å²) in [5.41, 5.74) is 11.9. The molecule has 2 heterocycles. The topological polar surface area (TPSA) is 163 Å². The van der Waals surface area contributed by atoms with Crippen molar-refractivity contribution in [2.75, 3.05) is 19.8 Å². The van der Waals surface area contributed by atoms with E-state index in [4.69, 9.17) is 20.9 Å². The number of hydrogen-bond acceptors (Lipinski definition) is 9. The predicted octanol–water partition coefficient (Wildman–Crippen LogP) is -3.79. The Morgan fingerprint density at radius 1 is 1.14 bits per heavy atom. The monoisotopic (exact) mass is 321 g/mol. The number of ether oxygens (including phenoxy) is 2. The van der Waals surface area contributed by atoms with Crippen LogP contribution < -0.4 is 16.8 Å². The van der Waals surface area contributed by atoms with Gasteiger partial charge in [0.25, 0.3) is 0 Å². The van der Waals surface area contributed by atoms with Crippen LogP contribution in [-0.4, -0.2) is 89.0 Å². The summed E-state index contributed by atoms with van der Waals surface area (Å²) in [4.78, 5) is 0. The number of hydrogen-bond donors (Lipinski definition) is 7. The highest BCUT2D eigenvalue weighted by Gasteiger charge is 2.44. The quantitative estimate of drug-likeness (QED) is 0.275. The smallest absolute Gasteiger partial charge is 0.176 e. The van der Waals surface area contributed by atoms with Gasteiger partial charge in [-0.2, -0.15) is 0 Å². The van der Waals surface area contributed by atoms with Crippen molar-refractivity contribution in [1.82, 2.24) is 5.32 Å². The van der Waals surface area contributed by atoms with Gasteiger partial charge in [-0.25, -0.2) is 0 Å². The van der Waals surface area contributed by atoms with Gasteiger partial charge in [0.2, 0.25) is 0 Å². The van der Waals surface area contributed by atoms with Crippen LogP contribution in [0, 0.1) is 0 Å². The van der Waals surface area contributed by atoms with Gasteiger partial charge >= 0.3 is 0 Å². The van der Waals surface area contributed by atoms with E-state index in [1.807, 2.05) is 0 Å². The van der Waals surface area contributed by atoms with Gasteiger partial charge in [0.15, 0.2) is 6.29 Å². The van der Waals surface area contributed by atoms with Crippen LogP contribution in [0.5, 0.6) is 0 Å². The van der Waals surface area contributed by atoms with Gasteiger partial charge in [0.1, 0.15) is 18.3 Å². The lowest BCUT2D eigenvalue weighted by Gasteiger charge is -2.42. The minimum Gasteiger partial charge on any atom is -0.395 e. The van der Waals surface area contributed by atoms with Crippen LogP contribution in [0.2, 0.25) is 0 Å². The zero-order valence-electron chi connectivity index (χ0n) is 12.4. The molecule has 22 heavy (non-hydrogen) atoms. The molecule has 0 aliphatic carbocycles. The maximum Gasteiger partial charge on any atom is 0.176 e. The molecule has 0 aromatic carbocycles. The second-order valence-electron chi connectivity index (χ2n) is 5.98. The Kier molecular flexibility index (Phi) is 6.50. The number of aliphatic hydroxyl groups excluding tert-OH is 4. The zero-order chi connectivity index (χ0) is 16.3. The second kappa shape index (κ2) is 7.95. The second-order valence-corrected chi connectivity index (χ2v) is 5.98. The fraction of sp³-hybridized carbons (Fsp3) is 1.00. The average Bonchev–Trinajstić information content (AvgIpc) is 2.69. The molecular weight excluding hydrogens is 294 g/mol. The Hall–Kier alpha value is -0.360. The van der Waals surface area contributed by atoms with Crippen LogP contribution in [0.4, 0.5) is 0 Å². The lowest BCUT2D eigenvalue weighted by molar-refractivity contribution is -0.280. The highest BCUT2D eigenvalue weighted by Crippen LogP contribution is 2.24. The Balaban J connectivity index is 2.03. The first kappa shape index (κ1) is 18.0. The Labute approximate surface area is 129 Å². The first-order valence-corrected chi connectivity index (χ1v) is 7.61. The van der Waals surface area contributed by atoms with E-state index >= 15 is 0 Å². The number of aliphatic hydroxyl groups is 4. The van der Waals surface area contributed by atoms with Crippen molar-refractivity contribution >= 4 is 0 Å². The lowest BCUT2D eigenvalue weighted by Crippen LogP contribution is -2.63. The van der Waals surface area contributed by atoms with Crippen LogP contribution in [0.3, 0.4) is 0 Å². The number of rotatable bonds is 4. The fourth-order valence-corrected chi connectivity index (χ4v) is 2.87. The van der Waals surface area contributed by atoms with Crippen LogP contribution in [0.25, 0.3) is 0 Å². The van der Waals surface area contributed by atoms with Crippen molar-refractivity contribution in [1.29, 1.82) is 0 Å². The molecule has 2 aliphatic rings. The van der Waals surface area contributed by atoms with Gasteiger partial charge in [0, 0.05) is 12.1 Å². The molecule has 130 valence electrons. The molecule has 9 heteroatoms. The van der Waals surface area contributed by atoms with E-state index in [2.05, 4.69) is 5.32 Å². The molecule has 0 saturated carbocycles. The maximum atomic E-state index is 9.94. The third-order valence-electron chi connectivity index (χ3n) is 4.36. The zero-order valence-corrected chi connectivity index (χ0v) is 12.4. The number of nitrogens with two attached hydrogens (primary N) is 2. The van der Waals surface area contributed by atoms with Crippen molar-refractivity contribution in [2.45, 2.75) is 61.7 Å². The van der Waals surface area contributed by atoms with Gasteiger partial charge in [0.05, 0.1) is 25.4 Å². The largest absolute Gasteiger partial charge is 0.395 e. The summed E-state index contributed by atoms with van der Waals surface area (Å²) >= 11 is 0. The normalized spacial score (nSPS) is 47.2. The summed E-state index contributed by atoms with van der Waals surface area (Å²) in [6, 6.07) is -1.35. The maximum absolute atomic E-state index is 9.94. The predicted molar refractivity (Wildman–Crippen MR) is 76.7 cm³/mol. The van der Waals surface area contributed by atoms with Crippen LogP contribution in [0.1, 0.15) is 12.8 Å². The highest BCUT2D eigenvalue weighted by molar-refractivity contribution is 4.93. The molecule has 0 aromatic heterocycles. The molecule has 0 unspecified atom stereocenters. The Morgan fingerprint density at radius 3 is 2.50 bits per heavy atom. The average molecular weight is 321 g/mol. The van der Waals surface area contributed by atoms with Gasteiger partial charge < -0.3 is 46.7 Å². The van der Waals surface area contributed by atoms with Crippen LogP contribution in [-0.2, 0) is 9.47 Å². The standard InChI is InChI=1S/C13H27N3O6/c14-7-1-2-16-6(4-17)3-8(7)21-13-10(15)12(20)11(19)9(5-18)22-13/h6-13,16-20H,1-5,14-15H2/t6-,7+,8+,9-,10-,11-,12-,13+/m1/s1. The van der Waals surface area contributed by atoms with E-state index in [9.17, 15) is 20.4 Å². The molecule has 9 N–H and O–H groups in total. The van der Waals surface area contributed by atoms with Crippen molar-refractivity contribution in [2.24, 2.45) is 11.5 Å². The van der Waals surface area contributed by atoms with E-state index in [-0.39, 0.29) is 18.7 Å². The van der Waals surface area contributed by atoms with Crippen molar-refractivity contribution in [3.05, 3.63) is 0 Å². The van der Waals surface area contributed by atoms with Gasteiger partial charge in [-0.05, 0) is 19.4 Å². The molecule has 8 atom stereocenters. The minimum absolute atomic E-state index is 0.0369. The van der Waals surface area contributed by atoms with E-state index < -0.39 is 43.4 Å². The number of nitrogens with one attached hydrogen (secondary N) is 1. The van der Waals surface area contributed by atoms with E-state index in [0.29, 0.717) is 19.4 Å². The Bertz CT molecular complexity index is 348. The molecule has 0 bridgehead atoms. The summed E-state index contributed by atoms with van der Waals surface area (Å²) in [5, 5.41) is 41.4.